The third-order valence-corrected chi connectivity index (χ3v) is 5.90. The summed E-state index contributed by atoms with van der Waals surface area (Å²) in [6.45, 7) is -0.572. The first-order valence-corrected chi connectivity index (χ1v) is 12.1. The Kier molecular flexibility index (Phi) is 10.4. The van der Waals surface area contributed by atoms with E-state index < -0.39 is 52.4 Å². The Bertz CT molecular complexity index is 1320. The molecule has 40 heavy (non-hydrogen) atoms. The van der Waals surface area contributed by atoms with Crippen molar-refractivity contribution in [1.82, 2.24) is 16.0 Å². The zero-order valence-corrected chi connectivity index (χ0v) is 20.9. The van der Waals surface area contributed by atoms with Gasteiger partial charge >= 0.3 is 6.09 Å². The van der Waals surface area contributed by atoms with Crippen molar-refractivity contribution in [2.45, 2.75) is 37.8 Å². The van der Waals surface area contributed by atoms with Crippen molar-refractivity contribution in [3.8, 4) is 5.75 Å². The van der Waals surface area contributed by atoms with Crippen LogP contribution in [0.25, 0.3) is 10.4 Å². The van der Waals surface area contributed by atoms with E-state index in [9.17, 15) is 31.9 Å². The van der Waals surface area contributed by atoms with Crippen LogP contribution >= 0.6 is 0 Å². The molecule has 0 spiro atoms. The monoisotopic (exact) mass is 563 g/mol. The molecule has 2 aromatic carbocycles. The minimum absolute atomic E-state index is 0.168. The number of nitrogens with zero attached hydrogens (tertiary/aromatic N) is 3. The number of benzene rings is 2. The molecule has 3 amide bonds. The number of rotatable bonds is 8. The maximum Gasteiger partial charge on any atom is 0.412 e. The van der Waals surface area contributed by atoms with Crippen molar-refractivity contribution in [3.05, 3.63) is 81.3 Å². The summed E-state index contributed by atoms with van der Waals surface area (Å²) in [6.07, 6.45) is 6.70. The summed E-state index contributed by atoms with van der Waals surface area (Å²) in [5.41, 5.74) is 11.4. The highest BCUT2D eigenvalue weighted by Gasteiger charge is 2.29. The lowest BCUT2D eigenvalue weighted by Crippen LogP contribution is -2.47. The van der Waals surface area contributed by atoms with Gasteiger partial charge in [0.2, 0.25) is 0 Å². The van der Waals surface area contributed by atoms with E-state index in [1.54, 1.807) is 0 Å². The topological polar surface area (TPSA) is 171 Å². The molecule has 1 aliphatic rings. The summed E-state index contributed by atoms with van der Waals surface area (Å²) < 4.78 is 61.1. The lowest BCUT2D eigenvalue weighted by atomic mass is 9.98. The lowest BCUT2D eigenvalue weighted by Gasteiger charge is -2.24. The van der Waals surface area contributed by atoms with E-state index >= 15 is 0 Å². The Morgan fingerprint density at radius 1 is 0.975 bits per heavy atom. The van der Waals surface area contributed by atoms with Gasteiger partial charge in [-0.2, -0.15) is 0 Å². The number of amides is 3. The van der Waals surface area contributed by atoms with Crippen LogP contribution in [0, 0.1) is 23.3 Å². The smallest absolute Gasteiger partial charge is 0.410 e. The average molecular weight is 564 g/mol. The molecule has 2 atom stereocenters. The van der Waals surface area contributed by atoms with Gasteiger partial charge in [-0.3, -0.25) is 9.59 Å². The van der Waals surface area contributed by atoms with Crippen LogP contribution in [-0.4, -0.2) is 43.1 Å². The van der Waals surface area contributed by atoms with Crippen LogP contribution in [0.4, 0.5) is 28.0 Å². The molecule has 1 aliphatic carbocycles. The van der Waals surface area contributed by atoms with E-state index in [-0.39, 0.29) is 36.5 Å². The van der Waals surface area contributed by atoms with Crippen molar-refractivity contribution in [1.29, 1.82) is 0 Å². The second-order valence-corrected chi connectivity index (χ2v) is 8.64. The number of allylic oxidation sites excluding steroid dienone is 1. The molecule has 0 fully saturated rings. The van der Waals surface area contributed by atoms with Gasteiger partial charge in [0.25, 0.3) is 11.8 Å². The number of hydrogen-bond donors (Lipinski definition) is 4. The zero-order valence-electron chi connectivity index (χ0n) is 20.9. The van der Waals surface area contributed by atoms with E-state index in [1.807, 2.05) is 17.5 Å². The Hall–Kier alpha value is -4.62. The van der Waals surface area contributed by atoms with Crippen LogP contribution in [0.3, 0.4) is 0 Å². The molecular weight excluding hydrogens is 538 g/mol. The van der Waals surface area contributed by atoms with Crippen molar-refractivity contribution in [2.75, 3.05) is 13.1 Å². The molecule has 0 unspecified atom stereocenters. The van der Waals surface area contributed by atoms with Crippen molar-refractivity contribution in [2.24, 2.45) is 10.8 Å². The van der Waals surface area contributed by atoms with Gasteiger partial charge in [-0.25, -0.2) is 22.4 Å². The Balaban J connectivity index is 1.49. The van der Waals surface area contributed by atoms with Gasteiger partial charge in [-0.05, 0) is 49.1 Å². The SMILES string of the molecule is [N-]=[N+]=Nc1c(F)c(F)c(C(=O)NCCNC(=O)c2ccc(OC(=O)N[C@@H]3CCCC/C=C/[C@H]3N)cc2)c(F)c1F. The number of nitrogens with two attached hydrogens (primary N) is 1. The van der Waals surface area contributed by atoms with E-state index in [4.69, 9.17) is 16.0 Å². The average Bonchev–Trinajstić information content (AvgIpc) is 2.92. The van der Waals surface area contributed by atoms with E-state index in [0.29, 0.717) is 6.42 Å². The van der Waals surface area contributed by atoms with Crippen LogP contribution in [-0.2, 0) is 0 Å². The summed E-state index contributed by atoms with van der Waals surface area (Å²) >= 11 is 0. The minimum atomic E-state index is -2.04. The Labute approximate surface area is 225 Å². The number of carbonyl (C=O) groups is 3. The number of halogens is 4. The largest absolute Gasteiger partial charge is 0.412 e. The molecule has 0 heterocycles. The van der Waals surface area contributed by atoms with Crippen molar-refractivity contribution < 1.29 is 36.7 Å². The predicted octanol–water partition coefficient (Wildman–Crippen LogP) is 4.26. The second-order valence-electron chi connectivity index (χ2n) is 8.64. The molecule has 0 aliphatic heterocycles. The van der Waals surface area contributed by atoms with E-state index in [2.05, 4.69) is 20.7 Å². The fraction of sp³-hybridized carbons (Fsp3) is 0.320. The summed E-state index contributed by atoms with van der Waals surface area (Å²) in [5, 5.41) is 9.73. The van der Waals surface area contributed by atoms with Gasteiger partial charge in [-0.1, -0.05) is 23.7 Å². The minimum Gasteiger partial charge on any atom is -0.410 e. The summed E-state index contributed by atoms with van der Waals surface area (Å²) in [7, 11) is 0. The highest BCUT2D eigenvalue weighted by Crippen LogP contribution is 2.30. The molecule has 11 nitrogen and oxygen atoms in total. The van der Waals surface area contributed by atoms with Gasteiger partial charge < -0.3 is 26.4 Å². The molecule has 0 saturated heterocycles. The van der Waals surface area contributed by atoms with E-state index in [1.165, 1.54) is 24.3 Å². The summed E-state index contributed by atoms with van der Waals surface area (Å²) in [6, 6.07) is 4.92. The van der Waals surface area contributed by atoms with Crippen molar-refractivity contribution >= 4 is 23.6 Å². The predicted molar refractivity (Wildman–Crippen MR) is 135 cm³/mol. The van der Waals surface area contributed by atoms with Gasteiger partial charge in [0.15, 0.2) is 23.3 Å². The number of azide groups is 1. The molecule has 0 aromatic heterocycles. The van der Waals surface area contributed by atoms with Gasteiger partial charge in [0.05, 0.1) is 6.04 Å². The third-order valence-electron chi connectivity index (χ3n) is 5.90. The number of hydrogen-bond acceptors (Lipinski definition) is 6. The molecule has 0 saturated carbocycles. The molecule has 15 heteroatoms. The first kappa shape index (κ1) is 29.9. The molecule has 212 valence electrons. The number of carbonyl (C=O) groups excluding carboxylic acids is 3. The molecule has 0 radical (unpaired) electrons. The molecule has 0 bridgehead atoms. The second kappa shape index (κ2) is 14.0. The molecule has 2 aromatic rings. The Morgan fingerprint density at radius 2 is 1.60 bits per heavy atom. The molecule has 5 N–H and O–H groups in total. The normalized spacial score (nSPS) is 17.4. The third kappa shape index (κ3) is 7.48. The van der Waals surface area contributed by atoms with Gasteiger partial charge in [-0.15, -0.1) is 0 Å². The highest BCUT2D eigenvalue weighted by molar-refractivity contribution is 5.96. The maximum atomic E-state index is 14.1. The zero-order chi connectivity index (χ0) is 29.2. The first-order valence-electron chi connectivity index (χ1n) is 12.1. The molecule has 3 rings (SSSR count). The Morgan fingerprint density at radius 3 is 2.23 bits per heavy atom. The van der Waals surface area contributed by atoms with Gasteiger partial charge in [0.1, 0.15) is 17.0 Å². The van der Waals surface area contributed by atoms with E-state index in [0.717, 1.165) is 19.3 Å². The van der Waals surface area contributed by atoms with Crippen LogP contribution in [0.5, 0.6) is 5.75 Å². The fourth-order valence-corrected chi connectivity index (χ4v) is 3.83. The fourth-order valence-electron chi connectivity index (χ4n) is 3.83. The molecular formula is C25H25F4N7O4. The number of nitrogens with one attached hydrogen (secondary N) is 3. The summed E-state index contributed by atoms with van der Waals surface area (Å²) in [4.78, 5) is 38.7. The lowest BCUT2D eigenvalue weighted by molar-refractivity contribution is 0.0921. The van der Waals surface area contributed by atoms with Crippen LogP contribution in [0.2, 0.25) is 0 Å². The van der Waals surface area contributed by atoms with Crippen LogP contribution in [0.1, 0.15) is 46.4 Å². The highest BCUT2D eigenvalue weighted by atomic mass is 19.2. The maximum absolute atomic E-state index is 14.1. The standard InChI is InChI=1S/C25H25F4N7O4/c26-18-17(19(27)21(29)22(20(18)28)35-36-31)24(38)33-12-11-32-23(37)13-7-9-14(10-8-13)40-25(39)34-16-6-4-2-1-3-5-15(16)30/h3,5,7-10,15-16H,1-2,4,6,11-12,30H2,(H,32,37)(H,33,38)(H,34,39)/b5-3+/t15-,16-/m1/s1. The van der Waals surface area contributed by atoms with Gasteiger partial charge in [0, 0.05) is 29.6 Å². The van der Waals surface area contributed by atoms with Crippen molar-refractivity contribution in [3.63, 3.8) is 0 Å². The quantitative estimate of drug-likeness (QED) is 0.0714. The van der Waals surface area contributed by atoms with Crippen LogP contribution in [0.15, 0.2) is 41.5 Å². The first-order chi connectivity index (χ1) is 19.1. The number of ether oxygens (including phenoxy) is 1. The summed E-state index contributed by atoms with van der Waals surface area (Å²) in [5.74, 6) is -10.0. The van der Waals surface area contributed by atoms with Crippen LogP contribution < -0.4 is 26.4 Å².